The summed E-state index contributed by atoms with van der Waals surface area (Å²) in [6, 6.07) is 15.5. The summed E-state index contributed by atoms with van der Waals surface area (Å²) in [6.07, 6.45) is 1.25. The molecule has 21 heavy (non-hydrogen) atoms. The van der Waals surface area contributed by atoms with E-state index >= 15 is 0 Å². The van der Waals surface area contributed by atoms with Gasteiger partial charge in [0.05, 0.1) is 0 Å². The Bertz CT molecular complexity index is 379. The Balaban J connectivity index is 0. The molecule has 0 amide bonds. The Labute approximate surface area is 141 Å². The van der Waals surface area contributed by atoms with Gasteiger partial charge in [0.15, 0.2) is 0 Å². The van der Waals surface area contributed by atoms with Crippen LogP contribution >= 0.6 is 23.2 Å². The van der Waals surface area contributed by atoms with E-state index in [1.807, 2.05) is 76.2 Å². The molecule has 2 heteroatoms. The minimum absolute atomic E-state index is 0.840. The van der Waals surface area contributed by atoms with Gasteiger partial charge in [0.1, 0.15) is 0 Å². The van der Waals surface area contributed by atoms with Crippen LogP contribution in [0, 0.1) is 13.8 Å². The van der Waals surface area contributed by atoms with Gasteiger partial charge in [-0.3, -0.25) is 0 Å². The number of aryl methyl sites for hydroxylation is 2. The molecule has 0 unspecified atom stereocenters. The third-order valence-corrected chi connectivity index (χ3v) is 3.00. The molecule has 2 aromatic carbocycles. The first kappa shape index (κ1) is 22.3. The lowest BCUT2D eigenvalue weighted by Gasteiger charge is -1.90. The number of halogens is 2. The van der Waals surface area contributed by atoms with Crippen LogP contribution in [0.2, 0.25) is 10.0 Å². The van der Waals surface area contributed by atoms with Crippen molar-refractivity contribution < 1.29 is 0 Å². The molecule has 0 radical (unpaired) electrons. The third-order valence-electron chi connectivity index (χ3n) is 2.15. The molecular formula is C19H28Cl2. The molecule has 0 aliphatic carbocycles. The van der Waals surface area contributed by atoms with E-state index in [-0.39, 0.29) is 0 Å². The van der Waals surface area contributed by atoms with Gasteiger partial charge in [-0.15, -0.1) is 0 Å². The van der Waals surface area contributed by atoms with Crippen molar-refractivity contribution in [1.29, 1.82) is 0 Å². The van der Waals surface area contributed by atoms with Crippen LogP contribution in [0.3, 0.4) is 0 Å². The van der Waals surface area contributed by atoms with E-state index < -0.39 is 0 Å². The highest BCUT2D eigenvalue weighted by atomic mass is 35.5. The zero-order valence-corrected chi connectivity index (χ0v) is 15.6. The number of rotatable bonds is 0. The van der Waals surface area contributed by atoms with Crippen LogP contribution in [0.1, 0.15) is 45.2 Å². The summed E-state index contributed by atoms with van der Waals surface area (Å²) >= 11 is 11.4. The van der Waals surface area contributed by atoms with Gasteiger partial charge in [0.2, 0.25) is 0 Å². The Morgan fingerprint density at radius 1 is 0.667 bits per heavy atom. The predicted octanol–water partition coefficient (Wildman–Crippen LogP) is 7.74. The summed E-state index contributed by atoms with van der Waals surface area (Å²) in [5.74, 6) is 0. The normalized spacial score (nSPS) is 8.19. The molecular weight excluding hydrogens is 299 g/mol. The van der Waals surface area contributed by atoms with Gasteiger partial charge >= 0.3 is 0 Å². The van der Waals surface area contributed by atoms with Crippen LogP contribution in [0.4, 0.5) is 0 Å². The standard InChI is InChI=1S/2C7H7Cl.C3H8.C2H6/c2*1-6-4-2-3-5-7(6)8;1-3-2;1-2/h2*2-5H,1H3;3H2,1-2H3;1-2H3. The van der Waals surface area contributed by atoms with Gasteiger partial charge in [-0.05, 0) is 37.1 Å². The van der Waals surface area contributed by atoms with E-state index in [0.717, 1.165) is 21.2 Å². The minimum Gasteiger partial charge on any atom is -0.0841 e. The molecule has 0 N–H and O–H groups in total. The molecule has 0 aliphatic heterocycles. The quantitative estimate of drug-likeness (QED) is 0.464. The van der Waals surface area contributed by atoms with E-state index in [1.165, 1.54) is 6.42 Å². The lowest BCUT2D eigenvalue weighted by Crippen LogP contribution is -1.68. The smallest absolute Gasteiger partial charge is 0.0435 e. The second-order valence-corrected chi connectivity index (χ2v) is 5.02. The zero-order valence-electron chi connectivity index (χ0n) is 14.1. The van der Waals surface area contributed by atoms with Gasteiger partial charge < -0.3 is 0 Å². The van der Waals surface area contributed by atoms with Gasteiger partial charge in [-0.2, -0.15) is 0 Å². The van der Waals surface area contributed by atoms with Crippen molar-refractivity contribution in [2.45, 2.75) is 48.0 Å². The van der Waals surface area contributed by atoms with Crippen LogP contribution in [0.25, 0.3) is 0 Å². The van der Waals surface area contributed by atoms with Crippen molar-refractivity contribution >= 4 is 23.2 Å². The van der Waals surface area contributed by atoms with Gasteiger partial charge in [0, 0.05) is 10.0 Å². The van der Waals surface area contributed by atoms with Gasteiger partial charge in [0.25, 0.3) is 0 Å². The molecule has 2 aromatic rings. The lowest BCUT2D eigenvalue weighted by atomic mass is 10.2. The molecule has 0 fully saturated rings. The maximum Gasteiger partial charge on any atom is 0.0435 e. The summed E-state index contributed by atoms with van der Waals surface area (Å²) in [5.41, 5.74) is 2.27. The predicted molar refractivity (Wildman–Crippen MR) is 99.7 cm³/mol. The van der Waals surface area contributed by atoms with Crippen LogP contribution < -0.4 is 0 Å². The summed E-state index contributed by atoms with van der Waals surface area (Å²) in [7, 11) is 0. The molecule has 0 bridgehead atoms. The van der Waals surface area contributed by atoms with E-state index in [4.69, 9.17) is 23.2 Å². The lowest BCUT2D eigenvalue weighted by molar-refractivity contribution is 1.09. The maximum atomic E-state index is 5.71. The molecule has 0 aromatic heterocycles. The van der Waals surface area contributed by atoms with Crippen molar-refractivity contribution in [2.24, 2.45) is 0 Å². The molecule has 0 saturated heterocycles. The van der Waals surface area contributed by atoms with Crippen LogP contribution in [-0.4, -0.2) is 0 Å². The van der Waals surface area contributed by atoms with Crippen molar-refractivity contribution in [3.8, 4) is 0 Å². The van der Waals surface area contributed by atoms with E-state index in [9.17, 15) is 0 Å². The third kappa shape index (κ3) is 12.5. The molecule has 118 valence electrons. The molecule has 0 saturated carbocycles. The Morgan fingerprint density at radius 3 is 1.05 bits per heavy atom. The molecule has 0 heterocycles. The van der Waals surface area contributed by atoms with E-state index in [1.54, 1.807) is 0 Å². The topological polar surface area (TPSA) is 0 Å². The first-order valence-corrected chi connectivity index (χ1v) is 8.20. The summed E-state index contributed by atoms with van der Waals surface area (Å²) < 4.78 is 0. The maximum absolute atomic E-state index is 5.71. The summed E-state index contributed by atoms with van der Waals surface area (Å²) in [6.45, 7) is 12.2. The molecule has 0 nitrogen and oxygen atoms in total. The average molecular weight is 327 g/mol. The summed E-state index contributed by atoms with van der Waals surface area (Å²) in [5, 5.41) is 1.68. The van der Waals surface area contributed by atoms with Crippen molar-refractivity contribution in [2.75, 3.05) is 0 Å². The Hall–Kier alpha value is -0.980. The summed E-state index contributed by atoms with van der Waals surface area (Å²) in [4.78, 5) is 0. The van der Waals surface area contributed by atoms with Gasteiger partial charge in [-0.25, -0.2) is 0 Å². The second-order valence-electron chi connectivity index (χ2n) is 4.21. The minimum atomic E-state index is 0.840. The molecule has 0 spiro atoms. The highest BCUT2D eigenvalue weighted by molar-refractivity contribution is 6.31. The second kappa shape index (κ2) is 15.4. The van der Waals surface area contributed by atoms with Crippen LogP contribution in [0.15, 0.2) is 48.5 Å². The van der Waals surface area contributed by atoms with Crippen LogP contribution in [-0.2, 0) is 0 Å². The molecule has 0 atom stereocenters. The zero-order chi connectivity index (χ0) is 16.7. The fourth-order valence-electron chi connectivity index (χ4n) is 1.10. The van der Waals surface area contributed by atoms with Crippen molar-refractivity contribution in [1.82, 2.24) is 0 Å². The number of benzene rings is 2. The fraction of sp³-hybridized carbons (Fsp3) is 0.368. The Morgan fingerprint density at radius 2 is 0.905 bits per heavy atom. The molecule has 0 aliphatic rings. The van der Waals surface area contributed by atoms with Crippen molar-refractivity contribution in [3.63, 3.8) is 0 Å². The largest absolute Gasteiger partial charge is 0.0841 e. The number of hydrogen-bond donors (Lipinski definition) is 0. The first-order valence-electron chi connectivity index (χ1n) is 7.45. The van der Waals surface area contributed by atoms with Crippen LogP contribution in [0.5, 0.6) is 0 Å². The highest BCUT2D eigenvalue weighted by Crippen LogP contribution is 2.12. The average Bonchev–Trinajstić information content (AvgIpc) is 2.49. The van der Waals surface area contributed by atoms with Crippen molar-refractivity contribution in [3.05, 3.63) is 69.7 Å². The fourth-order valence-corrected chi connectivity index (χ4v) is 1.37. The number of hydrogen-bond acceptors (Lipinski definition) is 0. The van der Waals surface area contributed by atoms with E-state index in [0.29, 0.717) is 0 Å². The monoisotopic (exact) mass is 326 g/mol. The first-order chi connectivity index (χ1) is 10.0. The SMILES string of the molecule is CC.CCC.Cc1ccccc1Cl.Cc1ccccc1Cl. The Kier molecular flexibility index (Phi) is 16.4. The van der Waals surface area contributed by atoms with Gasteiger partial charge in [-0.1, -0.05) is 93.7 Å². The van der Waals surface area contributed by atoms with E-state index in [2.05, 4.69) is 13.8 Å². The molecule has 2 rings (SSSR count). The highest BCUT2D eigenvalue weighted by Gasteiger charge is 1.87.